The zero-order valence-electron chi connectivity index (χ0n) is 20.3. The number of nitrogens with one attached hydrogen (secondary N) is 2. The Morgan fingerprint density at radius 2 is 1.91 bits per heavy atom. The lowest BCUT2D eigenvalue weighted by Gasteiger charge is -2.26. The first kappa shape index (κ1) is 27.7. The van der Waals surface area contributed by atoms with Gasteiger partial charge in [-0.15, -0.1) is 11.8 Å². The van der Waals surface area contributed by atoms with Crippen molar-refractivity contribution in [2.75, 3.05) is 5.75 Å². The van der Waals surface area contributed by atoms with Crippen molar-refractivity contribution in [1.29, 1.82) is 0 Å². The lowest BCUT2D eigenvalue weighted by molar-refractivity contribution is -0.128. The molecule has 1 fully saturated rings. The van der Waals surface area contributed by atoms with E-state index in [1.165, 1.54) is 12.0 Å². The smallest absolute Gasteiger partial charge is 0.408 e. The maximum Gasteiger partial charge on any atom is 0.408 e. The molecule has 1 aliphatic rings. The lowest BCUT2D eigenvalue weighted by atomic mass is 9.98. The summed E-state index contributed by atoms with van der Waals surface area (Å²) in [6.45, 7) is 6.09. The number of thioether (sulfide) groups is 1. The zero-order valence-corrected chi connectivity index (χ0v) is 21.9. The first-order chi connectivity index (χ1) is 15.9. The SMILES string of the molecule is CCCC[C@H](NC(=O)[C@H](CC(C)C)NC(=O)OC1CCCCC1)C(=O)CSCc1ccsc1. The van der Waals surface area contributed by atoms with Crippen molar-refractivity contribution in [1.82, 2.24) is 10.6 Å². The molecule has 1 heterocycles. The van der Waals surface area contributed by atoms with Gasteiger partial charge in [0.25, 0.3) is 0 Å². The molecular formula is C25H40N2O4S2. The highest BCUT2D eigenvalue weighted by Crippen LogP contribution is 2.20. The molecule has 0 aliphatic heterocycles. The van der Waals surface area contributed by atoms with Crippen molar-refractivity contribution in [2.24, 2.45) is 5.92 Å². The Labute approximate surface area is 207 Å². The summed E-state index contributed by atoms with van der Waals surface area (Å²) in [6.07, 6.45) is 7.38. The van der Waals surface area contributed by atoms with E-state index in [1.54, 1.807) is 23.1 Å². The zero-order chi connectivity index (χ0) is 24.1. The van der Waals surface area contributed by atoms with Gasteiger partial charge in [-0.25, -0.2) is 4.79 Å². The molecule has 8 heteroatoms. The number of carbonyl (C=O) groups excluding carboxylic acids is 3. The Balaban J connectivity index is 1.92. The lowest BCUT2D eigenvalue weighted by Crippen LogP contribution is -2.52. The summed E-state index contributed by atoms with van der Waals surface area (Å²) >= 11 is 3.22. The third kappa shape index (κ3) is 11.0. The number of thiophene rings is 1. The molecular weight excluding hydrogens is 456 g/mol. The third-order valence-electron chi connectivity index (χ3n) is 5.79. The molecule has 2 amide bonds. The highest BCUT2D eigenvalue weighted by Gasteiger charge is 2.28. The molecule has 2 atom stereocenters. The van der Waals surface area contributed by atoms with Crippen LogP contribution in [0.3, 0.4) is 0 Å². The van der Waals surface area contributed by atoms with Gasteiger partial charge >= 0.3 is 6.09 Å². The van der Waals surface area contributed by atoms with E-state index in [4.69, 9.17) is 4.74 Å². The van der Waals surface area contributed by atoms with Crippen molar-refractivity contribution < 1.29 is 19.1 Å². The Hall–Kier alpha value is -1.54. The van der Waals surface area contributed by atoms with Crippen molar-refractivity contribution in [3.8, 4) is 0 Å². The quantitative estimate of drug-likeness (QED) is 0.345. The van der Waals surface area contributed by atoms with E-state index in [2.05, 4.69) is 29.0 Å². The van der Waals surface area contributed by atoms with Crippen molar-refractivity contribution in [2.45, 2.75) is 102 Å². The molecule has 0 aromatic carbocycles. The van der Waals surface area contributed by atoms with Crippen LogP contribution in [0.15, 0.2) is 16.8 Å². The van der Waals surface area contributed by atoms with Gasteiger partial charge in [0.2, 0.25) is 5.91 Å². The van der Waals surface area contributed by atoms with Crippen LogP contribution < -0.4 is 10.6 Å². The molecule has 0 saturated heterocycles. The minimum atomic E-state index is -0.712. The van der Waals surface area contributed by atoms with Gasteiger partial charge in [-0.1, -0.05) is 40.0 Å². The van der Waals surface area contributed by atoms with E-state index in [9.17, 15) is 14.4 Å². The Morgan fingerprint density at radius 3 is 2.55 bits per heavy atom. The Bertz CT molecular complexity index is 718. The van der Waals surface area contributed by atoms with Crippen LogP contribution >= 0.6 is 23.1 Å². The van der Waals surface area contributed by atoms with E-state index in [-0.39, 0.29) is 23.7 Å². The second-order valence-electron chi connectivity index (χ2n) is 9.29. The number of unbranched alkanes of at least 4 members (excludes halogenated alkanes) is 1. The van der Waals surface area contributed by atoms with Crippen LogP contribution in [0.5, 0.6) is 0 Å². The molecule has 1 aromatic heterocycles. The van der Waals surface area contributed by atoms with Gasteiger partial charge in [0, 0.05) is 5.75 Å². The average Bonchev–Trinajstić information content (AvgIpc) is 3.29. The molecule has 1 aliphatic carbocycles. The number of Topliss-reactive ketones (excluding diaryl/α,β-unsaturated/α-hetero) is 1. The van der Waals surface area contributed by atoms with Gasteiger partial charge < -0.3 is 15.4 Å². The highest BCUT2D eigenvalue weighted by molar-refractivity contribution is 7.99. The number of hydrogen-bond acceptors (Lipinski definition) is 6. The average molecular weight is 497 g/mol. The van der Waals surface area contributed by atoms with Gasteiger partial charge in [0.1, 0.15) is 12.1 Å². The second kappa shape index (κ2) is 15.4. The van der Waals surface area contributed by atoms with Crippen LogP contribution in [0.2, 0.25) is 0 Å². The molecule has 1 aromatic rings. The summed E-state index contributed by atoms with van der Waals surface area (Å²) in [5.41, 5.74) is 1.21. The maximum atomic E-state index is 13.1. The Morgan fingerprint density at radius 1 is 1.15 bits per heavy atom. The predicted octanol–water partition coefficient (Wildman–Crippen LogP) is 5.70. The summed E-state index contributed by atoms with van der Waals surface area (Å²) in [5.74, 6) is 1.08. The van der Waals surface area contributed by atoms with Gasteiger partial charge in [0.15, 0.2) is 5.78 Å². The molecule has 0 bridgehead atoms. The fourth-order valence-electron chi connectivity index (χ4n) is 3.95. The summed E-state index contributed by atoms with van der Waals surface area (Å²) in [6, 6.07) is 0.822. The maximum absolute atomic E-state index is 13.1. The van der Waals surface area contributed by atoms with E-state index in [0.29, 0.717) is 18.6 Å². The summed E-state index contributed by atoms with van der Waals surface area (Å²) < 4.78 is 5.56. The number of ether oxygens (including phenoxy) is 1. The monoisotopic (exact) mass is 496 g/mol. The molecule has 186 valence electrons. The minimum absolute atomic E-state index is 0.0325. The van der Waals surface area contributed by atoms with Gasteiger partial charge in [-0.05, 0) is 66.8 Å². The van der Waals surface area contributed by atoms with Crippen LogP contribution in [-0.4, -0.2) is 41.7 Å². The molecule has 33 heavy (non-hydrogen) atoms. The largest absolute Gasteiger partial charge is 0.446 e. The van der Waals surface area contributed by atoms with Gasteiger partial charge in [-0.3, -0.25) is 9.59 Å². The van der Waals surface area contributed by atoms with Gasteiger partial charge in [0.05, 0.1) is 11.8 Å². The van der Waals surface area contributed by atoms with Crippen molar-refractivity contribution in [3.63, 3.8) is 0 Å². The topological polar surface area (TPSA) is 84.5 Å². The van der Waals surface area contributed by atoms with Crippen molar-refractivity contribution >= 4 is 40.9 Å². The predicted molar refractivity (Wildman–Crippen MR) is 137 cm³/mol. The molecule has 0 radical (unpaired) electrons. The van der Waals surface area contributed by atoms with Crippen LogP contribution in [0.25, 0.3) is 0 Å². The first-order valence-electron chi connectivity index (χ1n) is 12.3. The number of rotatable bonds is 14. The first-order valence-corrected chi connectivity index (χ1v) is 14.4. The molecule has 2 N–H and O–H groups in total. The number of alkyl carbamates (subject to hydrolysis) is 1. The number of hydrogen-bond donors (Lipinski definition) is 2. The minimum Gasteiger partial charge on any atom is -0.446 e. The standard InChI is InChI=1S/C25H40N2O4S2/c1-4-5-11-21(23(28)17-33-16-19-12-13-32-15-19)26-24(29)22(14-18(2)3)27-25(30)31-20-9-7-6-8-10-20/h12-13,15,18,20-22H,4-11,14,16-17H2,1-3H3,(H,26,29)(H,27,30)/t21-,22-/m0/s1. The van der Waals surface area contributed by atoms with Crippen LogP contribution in [0, 0.1) is 5.92 Å². The fourth-order valence-corrected chi connectivity index (χ4v) is 5.65. The number of amides is 2. The highest BCUT2D eigenvalue weighted by atomic mass is 32.2. The second-order valence-corrected chi connectivity index (χ2v) is 11.1. The summed E-state index contributed by atoms with van der Waals surface area (Å²) in [5, 5.41) is 9.83. The van der Waals surface area contributed by atoms with Crippen LogP contribution in [0.1, 0.15) is 84.1 Å². The molecule has 0 spiro atoms. The normalized spacial score (nSPS) is 16.2. The molecule has 1 saturated carbocycles. The Kier molecular flexibility index (Phi) is 12.9. The third-order valence-corrected chi connectivity index (χ3v) is 7.54. The molecule has 0 unspecified atom stereocenters. The van der Waals surface area contributed by atoms with Crippen LogP contribution in [0.4, 0.5) is 4.79 Å². The summed E-state index contributed by atoms with van der Waals surface area (Å²) in [4.78, 5) is 38.5. The fraction of sp³-hybridized carbons (Fsp3) is 0.720. The van der Waals surface area contributed by atoms with E-state index >= 15 is 0 Å². The molecule has 2 rings (SSSR count). The van der Waals surface area contributed by atoms with E-state index < -0.39 is 18.2 Å². The van der Waals surface area contributed by atoms with Gasteiger partial charge in [-0.2, -0.15) is 11.3 Å². The van der Waals surface area contributed by atoms with Crippen molar-refractivity contribution in [3.05, 3.63) is 22.4 Å². The summed E-state index contributed by atoms with van der Waals surface area (Å²) in [7, 11) is 0. The van der Waals surface area contributed by atoms with Crippen LogP contribution in [-0.2, 0) is 20.1 Å². The number of ketones is 1. The molecule has 6 nitrogen and oxygen atoms in total. The van der Waals surface area contributed by atoms with E-state index in [1.807, 2.05) is 19.2 Å². The van der Waals surface area contributed by atoms with E-state index in [0.717, 1.165) is 44.3 Å². The number of carbonyl (C=O) groups is 3.